The molecular formula is C22H16Cl3N3O2. The van der Waals surface area contributed by atoms with Crippen LogP contribution in [-0.2, 0) is 4.79 Å². The van der Waals surface area contributed by atoms with Crippen LogP contribution < -0.4 is 10.2 Å². The van der Waals surface area contributed by atoms with Crippen LogP contribution in [-0.4, -0.2) is 16.5 Å². The zero-order valence-electron chi connectivity index (χ0n) is 16.0. The minimum absolute atomic E-state index is 0.187. The van der Waals surface area contributed by atoms with Gasteiger partial charge in [0.1, 0.15) is 5.70 Å². The Bertz CT molecular complexity index is 1210. The average Bonchev–Trinajstić information content (AvgIpc) is 3.13. The van der Waals surface area contributed by atoms with Crippen LogP contribution in [0.1, 0.15) is 17.0 Å². The topological polar surface area (TPSA) is 54.3 Å². The van der Waals surface area contributed by atoms with Gasteiger partial charge >= 0.3 is 6.03 Å². The van der Waals surface area contributed by atoms with Crippen molar-refractivity contribution in [2.24, 2.45) is 0 Å². The maximum absolute atomic E-state index is 12.9. The van der Waals surface area contributed by atoms with Crippen molar-refractivity contribution < 1.29 is 9.59 Å². The molecule has 1 aliphatic heterocycles. The molecule has 1 fully saturated rings. The van der Waals surface area contributed by atoms with Crippen LogP contribution in [0, 0.1) is 13.8 Å². The Morgan fingerprint density at radius 1 is 0.900 bits per heavy atom. The van der Waals surface area contributed by atoms with Crippen LogP contribution in [0.2, 0.25) is 15.1 Å². The first-order valence-corrected chi connectivity index (χ1v) is 10.2. The van der Waals surface area contributed by atoms with E-state index in [4.69, 9.17) is 34.8 Å². The molecule has 0 bridgehead atoms. The predicted molar refractivity (Wildman–Crippen MR) is 121 cm³/mol. The van der Waals surface area contributed by atoms with E-state index in [9.17, 15) is 9.59 Å². The molecule has 0 atom stereocenters. The van der Waals surface area contributed by atoms with Crippen molar-refractivity contribution in [1.82, 2.24) is 9.88 Å². The molecule has 1 saturated heterocycles. The fourth-order valence-corrected chi connectivity index (χ4v) is 3.97. The molecule has 152 valence electrons. The molecule has 3 aromatic rings. The molecule has 0 radical (unpaired) electrons. The first kappa shape index (κ1) is 20.5. The summed E-state index contributed by atoms with van der Waals surface area (Å²) in [5, 5.41) is 4.29. The summed E-state index contributed by atoms with van der Waals surface area (Å²) in [6.45, 7) is 3.84. The number of halogens is 3. The molecular weight excluding hydrogens is 445 g/mol. The number of imide groups is 1. The average molecular weight is 461 g/mol. The third kappa shape index (κ3) is 3.60. The number of aromatic nitrogens is 1. The van der Waals surface area contributed by atoms with E-state index >= 15 is 0 Å². The molecule has 1 N–H and O–H groups in total. The Kier molecular flexibility index (Phi) is 5.36. The molecule has 1 aromatic heterocycles. The van der Waals surface area contributed by atoms with Crippen molar-refractivity contribution >= 4 is 58.5 Å². The van der Waals surface area contributed by atoms with Gasteiger partial charge in [-0.05, 0) is 74.0 Å². The van der Waals surface area contributed by atoms with Gasteiger partial charge < -0.3 is 9.88 Å². The number of carbonyl (C=O) groups is 2. The molecule has 1 aliphatic rings. The number of urea groups is 1. The van der Waals surface area contributed by atoms with E-state index in [1.54, 1.807) is 48.5 Å². The SMILES string of the molecule is Cc1cc(/C=C2/NC(=O)N(c3ccc(Cl)cc3)C2=O)c(C)n1-c1cc(Cl)ccc1Cl. The minimum atomic E-state index is -0.514. The quantitative estimate of drug-likeness (QED) is 0.376. The van der Waals surface area contributed by atoms with Crippen molar-refractivity contribution in [2.75, 3.05) is 4.90 Å². The summed E-state index contributed by atoms with van der Waals surface area (Å²) in [4.78, 5) is 26.4. The fraction of sp³-hybridized carbons (Fsp3) is 0.0909. The Morgan fingerprint density at radius 3 is 2.27 bits per heavy atom. The Morgan fingerprint density at radius 2 is 1.57 bits per heavy atom. The van der Waals surface area contributed by atoms with E-state index in [2.05, 4.69) is 5.32 Å². The van der Waals surface area contributed by atoms with E-state index in [1.165, 1.54) is 0 Å². The van der Waals surface area contributed by atoms with Gasteiger partial charge in [-0.3, -0.25) is 4.79 Å². The summed E-state index contributed by atoms with van der Waals surface area (Å²) in [7, 11) is 0. The number of nitrogens with one attached hydrogen (secondary N) is 1. The van der Waals surface area contributed by atoms with Crippen LogP contribution in [0.15, 0.2) is 54.2 Å². The van der Waals surface area contributed by atoms with Crippen LogP contribution >= 0.6 is 34.8 Å². The van der Waals surface area contributed by atoms with Gasteiger partial charge in [0, 0.05) is 21.4 Å². The first-order valence-electron chi connectivity index (χ1n) is 9.03. The molecule has 8 heteroatoms. The van der Waals surface area contributed by atoms with Gasteiger partial charge in [-0.25, -0.2) is 9.69 Å². The lowest BCUT2D eigenvalue weighted by atomic mass is 10.2. The van der Waals surface area contributed by atoms with Gasteiger partial charge in [-0.1, -0.05) is 34.8 Å². The summed E-state index contributed by atoms with van der Waals surface area (Å²) in [5.74, 6) is -0.437. The maximum Gasteiger partial charge on any atom is 0.333 e. The molecule has 0 saturated carbocycles. The van der Waals surface area contributed by atoms with Crippen molar-refractivity contribution in [1.29, 1.82) is 0 Å². The third-order valence-corrected chi connectivity index (χ3v) is 5.69. The minimum Gasteiger partial charge on any atom is -0.316 e. The highest BCUT2D eigenvalue weighted by atomic mass is 35.5. The smallest absolute Gasteiger partial charge is 0.316 e. The van der Waals surface area contributed by atoms with Gasteiger partial charge in [0.25, 0.3) is 5.91 Å². The highest BCUT2D eigenvalue weighted by molar-refractivity contribution is 6.34. The summed E-state index contributed by atoms with van der Waals surface area (Å²) in [5.41, 5.74) is 3.93. The van der Waals surface area contributed by atoms with Crippen molar-refractivity contribution in [3.63, 3.8) is 0 Å². The van der Waals surface area contributed by atoms with Gasteiger partial charge in [0.2, 0.25) is 0 Å². The lowest BCUT2D eigenvalue weighted by Gasteiger charge is -2.12. The second-order valence-corrected chi connectivity index (χ2v) is 8.14. The molecule has 5 nitrogen and oxygen atoms in total. The number of amides is 3. The monoisotopic (exact) mass is 459 g/mol. The standard InChI is InChI=1S/C22H16Cl3N3O2/c1-12-9-14(13(2)27(12)20-11-16(24)5-8-18(20)25)10-19-21(29)28(22(30)26-19)17-6-3-15(23)4-7-17/h3-11H,1-2H3,(H,26,30)/b19-10+. The summed E-state index contributed by atoms with van der Waals surface area (Å²) in [6.07, 6.45) is 1.66. The number of hydrogen-bond acceptors (Lipinski definition) is 2. The molecule has 2 heterocycles. The summed E-state index contributed by atoms with van der Waals surface area (Å²) in [6, 6.07) is 13.1. The number of nitrogens with zero attached hydrogens (tertiary/aromatic N) is 2. The largest absolute Gasteiger partial charge is 0.333 e. The molecule has 3 amide bonds. The van der Waals surface area contributed by atoms with Gasteiger partial charge in [-0.15, -0.1) is 0 Å². The van der Waals surface area contributed by atoms with Crippen molar-refractivity contribution in [3.8, 4) is 5.69 Å². The van der Waals surface area contributed by atoms with Crippen LogP contribution in [0.5, 0.6) is 0 Å². The second kappa shape index (κ2) is 7.84. The predicted octanol–water partition coefficient (Wildman–Crippen LogP) is 6.15. The van der Waals surface area contributed by atoms with E-state index in [-0.39, 0.29) is 5.70 Å². The van der Waals surface area contributed by atoms with E-state index < -0.39 is 11.9 Å². The maximum atomic E-state index is 12.9. The molecule has 0 spiro atoms. The van der Waals surface area contributed by atoms with Crippen LogP contribution in [0.25, 0.3) is 11.8 Å². The summed E-state index contributed by atoms with van der Waals surface area (Å²) < 4.78 is 1.96. The fourth-order valence-electron chi connectivity index (χ4n) is 3.48. The van der Waals surface area contributed by atoms with Gasteiger partial charge in [0.05, 0.1) is 16.4 Å². The van der Waals surface area contributed by atoms with E-state index in [0.717, 1.165) is 27.5 Å². The lowest BCUT2D eigenvalue weighted by molar-refractivity contribution is -0.113. The number of benzene rings is 2. The first-order chi connectivity index (χ1) is 14.3. The molecule has 4 rings (SSSR count). The Labute approximate surface area is 188 Å². The van der Waals surface area contributed by atoms with Gasteiger partial charge in [-0.2, -0.15) is 0 Å². The van der Waals surface area contributed by atoms with Crippen molar-refractivity contribution in [3.05, 3.63) is 86.2 Å². The molecule has 30 heavy (non-hydrogen) atoms. The number of aryl methyl sites for hydroxylation is 1. The second-order valence-electron chi connectivity index (χ2n) is 6.86. The van der Waals surface area contributed by atoms with Crippen molar-refractivity contribution in [2.45, 2.75) is 13.8 Å². The number of carbonyl (C=O) groups excluding carboxylic acids is 2. The Hall–Kier alpha value is -2.73. The highest BCUT2D eigenvalue weighted by Crippen LogP contribution is 2.30. The summed E-state index contributed by atoms with van der Waals surface area (Å²) >= 11 is 18.4. The number of anilines is 1. The number of rotatable bonds is 3. The van der Waals surface area contributed by atoms with Gasteiger partial charge in [0.15, 0.2) is 0 Å². The third-order valence-electron chi connectivity index (χ3n) is 4.88. The van der Waals surface area contributed by atoms with Crippen LogP contribution in [0.3, 0.4) is 0 Å². The Balaban J connectivity index is 1.72. The van der Waals surface area contributed by atoms with E-state index in [1.807, 2.05) is 24.5 Å². The highest BCUT2D eigenvalue weighted by Gasteiger charge is 2.35. The van der Waals surface area contributed by atoms with E-state index in [0.29, 0.717) is 20.8 Å². The normalized spacial score (nSPS) is 15.2. The zero-order valence-corrected chi connectivity index (χ0v) is 18.3. The zero-order chi connectivity index (χ0) is 21.6. The lowest BCUT2D eigenvalue weighted by Crippen LogP contribution is -2.30. The molecule has 0 aliphatic carbocycles. The molecule has 2 aromatic carbocycles. The number of hydrogen-bond donors (Lipinski definition) is 1. The van der Waals surface area contributed by atoms with Crippen LogP contribution in [0.4, 0.5) is 10.5 Å². The molecule has 0 unspecified atom stereocenters.